The molecular weight excluding hydrogens is 466 g/mol. The van der Waals surface area contributed by atoms with Crippen LogP contribution in [-0.4, -0.2) is 24.7 Å². The van der Waals surface area contributed by atoms with Crippen LogP contribution in [0.3, 0.4) is 0 Å². The van der Waals surface area contributed by atoms with Crippen LogP contribution >= 0.6 is 15.9 Å². The molecule has 0 heterocycles. The van der Waals surface area contributed by atoms with Crippen molar-refractivity contribution in [3.8, 4) is 5.75 Å². The molecular formula is C27H30BrNO3. The van der Waals surface area contributed by atoms with Crippen molar-refractivity contribution in [2.45, 2.75) is 49.5 Å². The lowest BCUT2D eigenvalue weighted by Gasteiger charge is -2.44. The van der Waals surface area contributed by atoms with Gasteiger partial charge in [0.15, 0.2) is 0 Å². The second kappa shape index (κ2) is 9.53. The summed E-state index contributed by atoms with van der Waals surface area (Å²) in [7, 11) is 0. The Morgan fingerprint density at radius 2 is 1.81 bits per heavy atom. The third-order valence-corrected chi connectivity index (χ3v) is 7.38. The molecule has 0 amide bonds. The topological polar surface area (TPSA) is 47.6 Å². The van der Waals surface area contributed by atoms with Gasteiger partial charge in [0.05, 0.1) is 0 Å². The Labute approximate surface area is 198 Å². The molecule has 2 aliphatic carbocycles. The van der Waals surface area contributed by atoms with Crippen LogP contribution in [0.15, 0.2) is 72.2 Å². The predicted molar refractivity (Wildman–Crippen MR) is 132 cm³/mol. The average molecular weight is 496 g/mol. The molecule has 0 bridgehead atoms. The summed E-state index contributed by atoms with van der Waals surface area (Å²) in [6.45, 7) is 8.15. The maximum absolute atomic E-state index is 13.2. The predicted octanol–water partition coefficient (Wildman–Crippen LogP) is 6.35. The minimum Gasteiger partial charge on any atom is -0.490 e. The van der Waals surface area contributed by atoms with Crippen LogP contribution in [0.25, 0.3) is 0 Å². The summed E-state index contributed by atoms with van der Waals surface area (Å²) in [6, 6.07) is 14.4. The number of hydrogen-bond donors (Lipinski definition) is 1. The number of carbonyl (C=O) groups is 1. The molecule has 0 unspecified atom stereocenters. The van der Waals surface area contributed by atoms with E-state index in [0.717, 1.165) is 41.6 Å². The van der Waals surface area contributed by atoms with Gasteiger partial charge in [0.2, 0.25) is 0 Å². The van der Waals surface area contributed by atoms with E-state index in [1.165, 1.54) is 11.1 Å². The fourth-order valence-electron chi connectivity index (χ4n) is 5.19. The van der Waals surface area contributed by atoms with Gasteiger partial charge < -0.3 is 14.8 Å². The van der Waals surface area contributed by atoms with Gasteiger partial charge in [-0.15, -0.1) is 0 Å². The molecule has 32 heavy (non-hydrogen) atoms. The highest BCUT2D eigenvalue weighted by Gasteiger charge is 2.50. The fraction of sp³-hybridized carbons (Fsp3) is 0.370. The fourth-order valence-corrected chi connectivity index (χ4v) is 5.59. The van der Waals surface area contributed by atoms with Crippen LogP contribution in [0.5, 0.6) is 5.75 Å². The smallest absolute Gasteiger partial charge is 0.332 e. The Morgan fingerprint density at radius 3 is 2.53 bits per heavy atom. The van der Waals surface area contributed by atoms with E-state index in [9.17, 15) is 4.79 Å². The molecule has 0 saturated heterocycles. The Balaban J connectivity index is 1.59. The van der Waals surface area contributed by atoms with E-state index in [1.807, 2.05) is 24.3 Å². The second-order valence-electron chi connectivity index (χ2n) is 8.80. The van der Waals surface area contributed by atoms with Gasteiger partial charge in [0.25, 0.3) is 0 Å². The van der Waals surface area contributed by atoms with Crippen molar-refractivity contribution in [1.29, 1.82) is 0 Å². The first kappa shape index (κ1) is 22.7. The summed E-state index contributed by atoms with van der Waals surface area (Å²) in [5, 5.41) is 3.54. The number of halogens is 1. The molecule has 0 aromatic heterocycles. The SMILES string of the molecule is C=CCOC(=O)C1(Nc2cccc(Br)c2)CCC2(CCc3ccc(OCC=C)cc32)CC1. The van der Waals surface area contributed by atoms with Crippen molar-refractivity contribution < 1.29 is 14.3 Å². The highest BCUT2D eigenvalue weighted by atomic mass is 79.9. The Bertz CT molecular complexity index is 1010. The average Bonchev–Trinajstić information content (AvgIpc) is 3.15. The number of carbonyl (C=O) groups excluding carboxylic acids is 1. The van der Waals surface area contributed by atoms with E-state index in [1.54, 1.807) is 12.2 Å². The number of fused-ring (bicyclic) bond motifs is 2. The van der Waals surface area contributed by atoms with E-state index in [2.05, 4.69) is 52.6 Å². The van der Waals surface area contributed by atoms with E-state index in [0.29, 0.717) is 19.4 Å². The molecule has 5 heteroatoms. The molecule has 0 atom stereocenters. The van der Waals surface area contributed by atoms with Crippen LogP contribution < -0.4 is 10.1 Å². The third kappa shape index (κ3) is 4.49. The van der Waals surface area contributed by atoms with Gasteiger partial charge in [-0.1, -0.05) is 53.4 Å². The first-order chi connectivity index (χ1) is 15.5. The number of hydrogen-bond acceptors (Lipinski definition) is 4. The van der Waals surface area contributed by atoms with Gasteiger partial charge in [-0.05, 0) is 85.4 Å². The van der Waals surface area contributed by atoms with Crippen LogP contribution in [0.1, 0.15) is 43.2 Å². The normalized spacial score (nSPS) is 23.9. The van der Waals surface area contributed by atoms with Crippen LogP contribution in [0.2, 0.25) is 0 Å². The summed E-state index contributed by atoms with van der Waals surface area (Å²) in [5.74, 6) is 0.688. The van der Waals surface area contributed by atoms with Gasteiger partial charge in [-0.3, -0.25) is 0 Å². The molecule has 1 spiro atoms. The van der Waals surface area contributed by atoms with Gasteiger partial charge >= 0.3 is 5.97 Å². The van der Waals surface area contributed by atoms with Crippen LogP contribution in [-0.2, 0) is 21.4 Å². The van der Waals surface area contributed by atoms with E-state index < -0.39 is 5.54 Å². The molecule has 1 fully saturated rings. The van der Waals surface area contributed by atoms with E-state index in [4.69, 9.17) is 9.47 Å². The summed E-state index contributed by atoms with van der Waals surface area (Å²) in [5.41, 5.74) is 3.05. The molecule has 2 aromatic carbocycles. The van der Waals surface area contributed by atoms with E-state index >= 15 is 0 Å². The summed E-state index contributed by atoms with van der Waals surface area (Å²) >= 11 is 3.53. The third-order valence-electron chi connectivity index (χ3n) is 6.89. The Kier molecular flexibility index (Phi) is 6.75. The standard InChI is InChI=1S/C27H30BrNO3/c1-3-16-31-23-9-8-20-10-11-26(24(20)19-23)12-14-27(15-13-26,25(30)32-17-4-2)29-22-7-5-6-21(28)18-22/h3-9,18-19,29H,1-2,10-17H2. The number of ether oxygens (including phenoxy) is 2. The van der Waals surface area contributed by atoms with Crippen LogP contribution in [0.4, 0.5) is 5.69 Å². The summed E-state index contributed by atoms with van der Waals surface area (Å²) in [6.07, 6.45) is 8.85. The molecule has 0 aliphatic heterocycles. The first-order valence-electron chi connectivity index (χ1n) is 11.2. The van der Waals surface area contributed by atoms with Gasteiger partial charge in [0, 0.05) is 10.2 Å². The lowest BCUT2D eigenvalue weighted by molar-refractivity contribution is -0.149. The van der Waals surface area contributed by atoms with Crippen molar-refractivity contribution in [2.24, 2.45) is 0 Å². The maximum atomic E-state index is 13.2. The molecule has 2 aromatic rings. The van der Waals surface area contributed by atoms with Crippen molar-refractivity contribution in [3.05, 3.63) is 83.4 Å². The minimum absolute atomic E-state index is 0.0874. The lowest BCUT2D eigenvalue weighted by Crippen LogP contribution is -2.52. The highest BCUT2D eigenvalue weighted by Crippen LogP contribution is 2.52. The Morgan fingerprint density at radius 1 is 1.03 bits per heavy atom. The van der Waals surface area contributed by atoms with Crippen LogP contribution in [0, 0.1) is 0 Å². The quantitative estimate of drug-likeness (QED) is 0.342. The molecule has 4 rings (SSSR count). The van der Waals surface area contributed by atoms with Gasteiger partial charge in [0.1, 0.15) is 24.5 Å². The monoisotopic (exact) mass is 495 g/mol. The summed E-state index contributed by atoms with van der Waals surface area (Å²) in [4.78, 5) is 13.2. The largest absolute Gasteiger partial charge is 0.490 e. The number of anilines is 1. The zero-order chi connectivity index (χ0) is 22.6. The Hall–Kier alpha value is -2.53. The lowest BCUT2D eigenvalue weighted by atomic mass is 9.64. The molecule has 2 aliphatic rings. The van der Waals surface area contributed by atoms with Crippen molar-refractivity contribution in [1.82, 2.24) is 0 Å². The number of aryl methyl sites for hydroxylation is 1. The zero-order valence-electron chi connectivity index (χ0n) is 18.4. The van der Waals surface area contributed by atoms with Crippen molar-refractivity contribution in [2.75, 3.05) is 18.5 Å². The summed E-state index contributed by atoms with van der Waals surface area (Å²) < 4.78 is 12.3. The number of nitrogens with one attached hydrogen (secondary N) is 1. The number of esters is 1. The molecule has 4 nitrogen and oxygen atoms in total. The second-order valence-corrected chi connectivity index (χ2v) is 9.72. The number of benzene rings is 2. The van der Waals surface area contributed by atoms with E-state index in [-0.39, 0.29) is 18.0 Å². The highest BCUT2D eigenvalue weighted by molar-refractivity contribution is 9.10. The van der Waals surface area contributed by atoms with Crippen molar-refractivity contribution in [3.63, 3.8) is 0 Å². The number of rotatable bonds is 8. The van der Waals surface area contributed by atoms with Gasteiger partial charge in [-0.25, -0.2) is 4.79 Å². The van der Waals surface area contributed by atoms with Gasteiger partial charge in [-0.2, -0.15) is 0 Å². The van der Waals surface area contributed by atoms with Crippen molar-refractivity contribution >= 4 is 27.6 Å². The zero-order valence-corrected chi connectivity index (χ0v) is 20.0. The maximum Gasteiger partial charge on any atom is 0.332 e. The molecule has 0 radical (unpaired) electrons. The molecule has 168 valence electrons. The minimum atomic E-state index is -0.741. The first-order valence-corrected chi connectivity index (χ1v) is 12.0. The molecule has 1 N–H and O–H groups in total. The molecule has 1 saturated carbocycles.